The van der Waals surface area contributed by atoms with E-state index in [1.54, 1.807) is 29.2 Å². The summed E-state index contributed by atoms with van der Waals surface area (Å²) in [6.07, 6.45) is -4.35. The molecule has 0 saturated carbocycles. The summed E-state index contributed by atoms with van der Waals surface area (Å²) in [4.78, 5) is 27.5. The van der Waals surface area contributed by atoms with Gasteiger partial charge in [-0.3, -0.25) is 4.79 Å². The van der Waals surface area contributed by atoms with Gasteiger partial charge in [0, 0.05) is 43.1 Å². The van der Waals surface area contributed by atoms with E-state index in [-0.39, 0.29) is 11.8 Å². The number of Topliss-reactive ketones (excluding diaryl/α,β-unsaturated/α-hetero) is 1. The first-order valence-corrected chi connectivity index (χ1v) is 8.83. The molecule has 1 saturated heterocycles. The molecule has 1 N–H and O–H groups in total. The summed E-state index contributed by atoms with van der Waals surface area (Å²) in [5.41, 5.74) is 1.08. The minimum atomic E-state index is -4.35. The van der Waals surface area contributed by atoms with Crippen LogP contribution < -0.4 is 10.2 Å². The number of hydrogen-bond acceptors (Lipinski definition) is 3. The highest BCUT2D eigenvalue weighted by molar-refractivity contribution is 5.96. The zero-order valence-corrected chi connectivity index (χ0v) is 15.3. The van der Waals surface area contributed by atoms with Gasteiger partial charge in [-0.25, -0.2) is 4.79 Å². The molecule has 0 aliphatic carbocycles. The number of benzene rings is 2. The first-order valence-electron chi connectivity index (χ1n) is 8.83. The van der Waals surface area contributed by atoms with Gasteiger partial charge in [0.2, 0.25) is 0 Å². The number of hydrogen-bond donors (Lipinski definition) is 1. The van der Waals surface area contributed by atoms with Crippen molar-refractivity contribution in [1.29, 1.82) is 0 Å². The van der Waals surface area contributed by atoms with Crippen molar-refractivity contribution in [3.8, 4) is 0 Å². The minimum absolute atomic E-state index is 0.0822. The van der Waals surface area contributed by atoms with E-state index in [0.717, 1.165) is 12.1 Å². The highest BCUT2D eigenvalue weighted by Gasteiger charge is 2.30. The number of halogens is 3. The largest absolute Gasteiger partial charge is 0.416 e. The molecule has 3 rings (SSSR count). The van der Waals surface area contributed by atoms with Gasteiger partial charge in [0.1, 0.15) is 0 Å². The molecule has 0 unspecified atom stereocenters. The van der Waals surface area contributed by atoms with Crippen molar-refractivity contribution in [3.05, 3.63) is 59.7 Å². The molecule has 0 bridgehead atoms. The Labute approximate surface area is 160 Å². The summed E-state index contributed by atoms with van der Waals surface area (Å²) in [7, 11) is 0. The number of nitrogens with zero attached hydrogens (tertiary/aromatic N) is 2. The molecule has 0 aromatic heterocycles. The normalized spacial score (nSPS) is 14.7. The van der Waals surface area contributed by atoms with Crippen LogP contribution in [0.5, 0.6) is 0 Å². The van der Waals surface area contributed by atoms with E-state index in [1.165, 1.54) is 19.1 Å². The lowest BCUT2D eigenvalue weighted by atomic mass is 10.1. The van der Waals surface area contributed by atoms with Crippen molar-refractivity contribution in [2.24, 2.45) is 0 Å². The summed E-state index contributed by atoms with van der Waals surface area (Å²) < 4.78 is 38.0. The summed E-state index contributed by atoms with van der Waals surface area (Å²) >= 11 is 0. The van der Waals surface area contributed by atoms with Gasteiger partial charge in [-0.1, -0.05) is 12.1 Å². The SMILES string of the molecule is CC(=O)c1cccc(NC(=O)N2CCN(c3ccc(C(F)(F)F)cc3)CC2)c1. The van der Waals surface area contributed by atoms with Crippen molar-refractivity contribution >= 4 is 23.2 Å². The molecule has 5 nitrogen and oxygen atoms in total. The minimum Gasteiger partial charge on any atom is -0.368 e. The Balaban J connectivity index is 1.57. The highest BCUT2D eigenvalue weighted by Crippen LogP contribution is 2.30. The van der Waals surface area contributed by atoms with Crippen molar-refractivity contribution in [2.45, 2.75) is 13.1 Å². The number of amides is 2. The molecule has 2 amide bonds. The van der Waals surface area contributed by atoms with Crippen molar-refractivity contribution in [3.63, 3.8) is 0 Å². The van der Waals surface area contributed by atoms with Crippen LogP contribution in [0.15, 0.2) is 48.5 Å². The van der Waals surface area contributed by atoms with Crippen LogP contribution in [0.1, 0.15) is 22.8 Å². The molecule has 2 aromatic carbocycles. The quantitative estimate of drug-likeness (QED) is 0.796. The zero-order valence-electron chi connectivity index (χ0n) is 15.3. The molecule has 0 radical (unpaired) electrons. The average molecular weight is 391 g/mol. The van der Waals surface area contributed by atoms with Crippen molar-refractivity contribution < 1.29 is 22.8 Å². The average Bonchev–Trinajstić information content (AvgIpc) is 2.68. The topological polar surface area (TPSA) is 52.7 Å². The zero-order chi connectivity index (χ0) is 20.3. The molecule has 1 aliphatic heterocycles. The van der Waals surface area contributed by atoms with Crippen LogP contribution in [0.3, 0.4) is 0 Å². The maximum absolute atomic E-state index is 12.7. The van der Waals surface area contributed by atoms with Gasteiger partial charge in [0.05, 0.1) is 5.56 Å². The first kappa shape index (κ1) is 19.7. The van der Waals surface area contributed by atoms with Gasteiger partial charge < -0.3 is 15.1 Å². The molecule has 1 fully saturated rings. The predicted molar refractivity (Wildman–Crippen MR) is 101 cm³/mol. The lowest BCUT2D eigenvalue weighted by Crippen LogP contribution is -2.50. The van der Waals surface area contributed by atoms with E-state index in [4.69, 9.17) is 0 Å². The number of rotatable bonds is 3. The molecule has 2 aromatic rings. The molecule has 148 valence electrons. The van der Waals surface area contributed by atoms with Crippen LogP contribution >= 0.6 is 0 Å². The smallest absolute Gasteiger partial charge is 0.368 e. The van der Waals surface area contributed by atoms with Crippen LogP contribution in [0, 0.1) is 0 Å². The van der Waals surface area contributed by atoms with E-state index >= 15 is 0 Å². The van der Waals surface area contributed by atoms with Gasteiger partial charge in [-0.05, 0) is 43.3 Å². The van der Waals surface area contributed by atoms with E-state index in [9.17, 15) is 22.8 Å². The molecular weight excluding hydrogens is 371 g/mol. The Kier molecular flexibility index (Phi) is 5.58. The number of carbonyl (C=O) groups excluding carboxylic acids is 2. The molecular formula is C20H20F3N3O2. The number of nitrogens with one attached hydrogen (secondary N) is 1. The number of ketones is 1. The van der Waals surface area contributed by atoms with E-state index in [1.807, 2.05) is 4.90 Å². The predicted octanol–water partition coefficient (Wildman–Crippen LogP) is 4.26. The Morgan fingerprint density at radius 1 is 0.964 bits per heavy atom. The van der Waals surface area contributed by atoms with Crippen LogP contribution in [0.2, 0.25) is 0 Å². The number of urea groups is 1. The van der Waals surface area contributed by atoms with Crippen LogP contribution in [0.25, 0.3) is 0 Å². The van der Waals surface area contributed by atoms with Gasteiger partial charge in [0.25, 0.3) is 0 Å². The Bertz CT molecular complexity index is 858. The van der Waals surface area contributed by atoms with E-state index < -0.39 is 11.7 Å². The lowest BCUT2D eigenvalue weighted by Gasteiger charge is -2.36. The van der Waals surface area contributed by atoms with E-state index in [2.05, 4.69) is 5.32 Å². The van der Waals surface area contributed by atoms with Crippen molar-refractivity contribution in [2.75, 3.05) is 36.4 Å². The fourth-order valence-corrected chi connectivity index (χ4v) is 3.05. The standard InChI is InChI=1S/C20H20F3N3O2/c1-14(27)15-3-2-4-17(13-15)24-19(28)26-11-9-25(10-12-26)18-7-5-16(6-8-18)20(21,22)23/h2-8,13H,9-12H2,1H3,(H,24,28). The summed E-state index contributed by atoms with van der Waals surface area (Å²) in [5.74, 6) is -0.0822. The third kappa shape index (κ3) is 4.62. The third-order valence-corrected chi connectivity index (χ3v) is 4.65. The van der Waals surface area contributed by atoms with Gasteiger partial charge in [0.15, 0.2) is 5.78 Å². The Morgan fingerprint density at radius 2 is 1.61 bits per heavy atom. The number of carbonyl (C=O) groups is 2. The van der Waals surface area contributed by atoms with Gasteiger partial charge in [-0.2, -0.15) is 13.2 Å². The number of anilines is 2. The second-order valence-electron chi connectivity index (χ2n) is 6.59. The molecule has 0 atom stereocenters. The summed E-state index contributed by atoms with van der Waals surface area (Å²) in [6, 6.07) is 11.5. The molecule has 1 heterocycles. The lowest BCUT2D eigenvalue weighted by molar-refractivity contribution is -0.137. The highest BCUT2D eigenvalue weighted by atomic mass is 19.4. The maximum atomic E-state index is 12.7. The fourth-order valence-electron chi connectivity index (χ4n) is 3.05. The monoisotopic (exact) mass is 391 g/mol. The first-order chi connectivity index (χ1) is 13.2. The van der Waals surface area contributed by atoms with Crippen LogP contribution in [-0.4, -0.2) is 42.9 Å². The third-order valence-electron chi connectivity index (χ3n) is 4.65. The second kappa shape index (κ2) is 7.92. The fraction of sp³-hybridized carbons (Fsp3) is 0.300. The van der Waals surface area contributed by atoms with Crippen LogP contribution in [-0.2, 0) is 6.18 Å². The van der Waals surface area contributed by atoms with Crippen molar-refractivity contribution in [1.82, 2.24) is 4.90 Å². The van der Waals surface area contributed by atoms with Crippen LogP contribution in [0.4, 0.5) is 29.3 Å². The molecule has 28 heavy (non-hydrogen) atoms. The Hall–Kier alpha value is -3.03. The number of piperazine rings is 1. The molecule has 0 spiro atoms. The summed E-state index contributed by atoms with van der Waals surface area (Å²) in [6.45, 7) is 3.39. The molecule has 1 aliphatic rings. The molecule has 8 heteroatoms. The second-order valence-corrected chi connectivity index (χ2v) is 6.59. The maximum Gasteiger partial charge on any atom is 0.416 e. The number of alkyl halides is 3. The Morgan fingerprint density at radius 3 is 2.18 bits per heavy atom. The van der Waals surface area contributed by atoms with Gasteiger partial charge in [-0.15, -0.1) is 0 Å². The van der Waals surface area contributed by atoms with E-state index in [0.29, 0.717) is 43.1 Å². The summed E-state index contributed by atoms with van der Waals surface area (Å²) in [5, 5.41) is 2.78. The van der Waals surface area contributed by atoms with Gasteiger partial charge >= 0.3 is 12.2 Å².